The Morgan fingerprint density at radius 2 is 1.71 bits per heavy atom. The van der Waals surface area contributed by atoms with E-state index in [1.54, 1.807) is 31.2 Å². The lowest BCUT2D eigenvalue weighted by Crippen LogP contribution is -2.41. The summed E-state index contributed by atoms with van der Waals surface area (Å²) in [5.74, 6) is -1.11. The van der Waals surface area contributed by atoms with Crippen LogP contribution in [0.15, 0.2) is 53.4 Å². The van der Waals surface area contributed by atoms with Gasteiger partial charge in [-0.15, -0.1) is 0 Å². The largest absolute Gasteiger partial charge is 0.480 e. The van der Waals surface area contributed by atoms with Crippen LogP contribution in [0.3, 0.4) is 0 Å². The van der Waals surface area contributed by atoms with Gasteiger partial charge in [0, 0.05) is 0 Å². The zero-order chi connectivity index (χ0) is 17.7. The topological polar surface area (TPSA) is 110 Å². The number of aldehydes is 1. The summed E-state index contributed by atoms with van der Waals surface area (Å²) in [6.07, 6.45) is 0.00466. The summed E-state index contributed by atoms with van der Waals surface area (Å²) in [6.45, 7) is 1.80. The Hall–Kier alpha value is -2.71. The molecule has 0 amide bonds. The number of sulfonamides is 1. The number of aryl methyl sites for hydroxylation is 1. The summed E-state index contributed by atoms with van der Waals surface area (Å²) < 4.78 is 32.2. The average molecular weight is 349 g/mol. The smallest absolute Gasteiger partial charge is 0.329 e. The first-order valence-electron chi connectivity index (χ1n) is 6.88. The monoisotopic (exact) mass is 349 g/mol. The molecule has 0 aliphatic rings. The highest BCUT2D eigenvalue weighted by atomic mass is 32.2. The van der Waals surface area contributed by atoms with Crippen molar-refractivity contribution in [2.45, 2.75) is 17.9 Å². The van der Waals surface area contributed by atoms with Crippen LogP contribution < -0.4 is 9.46 Å². The number of nitrogens with one attached hydrogen (secondary N) is 1. The van der Waals surface area contributed by atoms with Gasteiger partial charge in [-0.1, -0.05) is 30.3 Å². The first kappa shape index (κ1) is 17.6. The minimum atomic E-state index is -4.27. The quantitative estimate of drug-likeness (QED) is 0.582. The van der Waals surface area contributed by atoms with E-state index in [0.717, 1.165) is 5.56 Å². The second kappa shape index (κ2) is 7.24. The molecule has 2 N–H and O–H groups in total. The third-order valence-corrected chi connectivity index (χ3v) is 4.62. The molecule has 24 heavy (non-hydrogen) atoms. The van der Waals surface area contributed by atoms with Crippen molar-refractivity contribution in [2.75, 3.05) is 0 Å². The van der Waals surface area contributed by atoms with Crippen LogP contribution in [-0.4, -0.2) is 31.8 Å². The molecule has 0 aromatic heterocycles. The van der Waals surface area contributed by atoms with Crippen molar-refractivity contribution in [2.24, 2.45) is 0 Å². The highest BCUT2D eigenvalue weighted by Gasteiger charge is 2.27. The minimum absolute atomic E-state index is 0.00466. The lowest BCUT2D eigenvalue weighted by atomic mass is 10.2. The summed E-state index contributed by atoms with van der Waals surface area (Å²) in [7, 11) is -4.27. The van der Waals surface area contributed by atoms with Crippen LogP contribution in [0.2, 0.25) is 0 Å². The first-order chi connectivity index (χ1) is 11.3. The molecule has 7 nitrogen and oxygen atoms in total. The highest BCUT2D eigenvalue weighted by molar-refractivity contribution is 7.89. The Morgan fingerprint density at radius 3 is 2.29 bits per heavy atom. The van der Waals surface area contributed by atoms with Crippen LogP contribution in [0.4, 0.5) is 0 Å². The molecular formula is C16H15NO6S. The molecule has 2 rings (SSSR count). The molecule has 0 saturated heterocycles. The number of para-hydroxylation sites is 2. The van der Waals surface area contributed by atoms with E-state index in [0.29, 0.717) is 5.75 Å². The predicted molar refractivity (Wildman–Crippen MR) is 85.5 cm³/mol. The van der Waals surface area contributed by atoms with E-state index in [9.17, 15) is 18.0 Å². The Kier molecular flexibility index (Phi) is 5.32. The Balaban J connectivity index is 2.39. The van der Waals surface area contributed by atoms with E-state index in [4.69, 9.17) is 9.84 Å². The van der Waals surface area contributed by atoms with Gasteiger partial charge in [0.2, 0.25) is 10.0 Å². The zero-order valence-electron chi connectivity index (χ0n) is 12.7. The molecule has 1 atom stereocenters. The van der Waals surface area contributed by atoms with Gasteiger partial charge in [0.1, 0.15) is 22.7 Å². The van der Waals surface area contributed by atoms with Gasteiger partial charge in [0.05, 0.1) is 0 Å². The number of carboxylic acids is 1. The number of ether oxygens (including phenoxy) is 1. The van der Waals surface area contributed by atoms with Gasteiger partial charge in [-0.2, -0.15) is 4.72 Å². The van der Waals surface area contributed by atoms with Crippen LogP contribution in [0, 0.1) is 6.92 Å². The fourth-order valence-corrected chi connectivity index (χ4v) is 3.16. The average Bonchev–Trinajstić information content (AvgIpc) is 2.55. The van der Waals surface area contributed by atoms with E-state index in [-0.39, 0.29) is 16.9 Å². The van der Waals surface area contributed by atoms with Gasteiger partial charge in [-0.05, 0) is 30.7 Å². The highest BCUT2D eigenvalue weighted by Crippen LogP contribution is 2.30. The number of hydrogen-bond donors (Lipinski definition) is 2. The second-order valence-electron chi connectivity index (χ2n) is 4.89. The van der Waals surface area contributed by atoms with Crippen LogP contribution in [0.1, 0.15) is 5.56 Å². The SMILES string of the molecule is Cc1ccccc1Oc1ccccc1S(=O)(=O)N[C@H](C=O)C(=O)O. The number of hydrogen-bond acceptors (Lipinski definition) is 5. The number of carbonyl (C=O) groups is 2. The molecule has 2 aromatic rings. The lowest BCUT2D eigenvalue weighted by Gasteiger charge is -2.14. The van der Waals surface area contributed by atoms with Crippen molar-refractivity contribution < 1.29 is 27.9 Å². The van der Waals surface area contributed by atoms with Crippen LogP contribution in [0.25, 0.3) is 0 Å². The van der Waals surface area contributed by atoms with Crippen molar-refractivity contribution in [1.82, 2.24) is 4.72 Å². The molecule has 8 heteroatoms. The molecule has 0 spiro atoms. The number of aliphatic carboxylic acids is 1. The third-order valence-electron chi connectivity index (χ3n) is 3.14. The molecular weight excluding hydrogens is 334 g/mol. The minimum Gasteiger partial charge on any atom is -0.480 e. The molecule has 126 valence electrons. The first-order valence-corrected chi connectivity index (χ1v) is 8.36. The Labute approximate surface area is 138 Å². The van der Waals surface area contributed by atoms with Crippen molar-refractivity contribution in [1.29, 1.82) is 0 Å². The van der Waals surface area contributed by atoms with Crippen LogP contribution >= 0.6 is 0 Å². The molecule has 2 aromatic carbocycles. The van der Waals surface area contributed by atoms with Gasteiger partial charge in [0.15, 0.2) is 6.04 Å². The zero-order valence-corrected chi connectivity index (χ0v) is 13.5. The van der Waals surface area contributed by atoms with Gasteiger partial charge in [0.25, 0.3) is 0 Å². The third kappa shape index (κ3) is 3.98. The molecule has 0 aliphatic carbocycles. The maximum absolute atomic E-state index is 12.4. The molecule has 0 unspecified atom stereocenters. The van der Waals surface area contributed by atoms with E-state index in [1.807, 2.05) is 10.8 Å². The number of benzene rings is 2. The standard InChI is InChI=1S/C16H15NO6S/c1-11-6-2-3-7-13(11)23-14-8-4-5-9-15(14)24(21,22)17-12(10-18)16(19)20/h2-10,12,17H,1H3,(H,19,20)/t12-/m1/s1. The van der Waals surface area contributed by atoms with Gasteiger partial charge in [-0.3, -0.25) is 4.79 Å². The maximum atomic E-state index is 12.4. The van der Waals surface area contributed by atoms with Crippen molar-refractivity contribution in [3.05, 3.63) is 54.1 Å². The van der Waals surface area contributed by atoms with E-state index < -0.39 is 22.0 Å². The molecule has 0 heterocycles. The molecule has 0 aliphatic heterocycles. The number of rotatable bonds is 7. The maximum Gasteiger partial charge on any atom is 0.329 e. The molecule has 0 bridgehead atoms. The van der Waals surface area contributed by atoms with E-state index in [1.165, 1.54) is 18.2 Å². The fourth-order valence-electron chi connectivity index (χ4n) is 1.91. The van der Waals surface area contributed by atoms with Crippen LogP contribution in [-0.2, 0) is 19.6 Å². The van der Waals surface area contributed by atoms with Gasteiger partial charge >= 0.3 is 5.97 Å². The summed E-state index contributed by atoms with van der Waals surface area (Å²) >= 11 is 0. The summed E-state index contributed by atoms with van der Waals surface area (Å²) in [5, 5.41) is 8.83. The number of carboxylic acid groups (broad SMARTS) is 1. The van der Waals surface area contributed by atoms with Gasteiger partial charge < -0.3 is 14.6 Å². The predicted octanol–water partition coefficient (Wildman–Crippen LogP) is 1.72. The Bertz CT molecular complexity index is 862. The van der Waals surface area contributed by atoms with Crippen molar-refractivity contribution in [3.8, 4) is 11.5 Å². The van der Waals surface area contributed by atoms with Crippen LogP contribution in [0.5, 0.6) is 11.5 Å². The summed E-state index contributed by atoms with van der Waals surface area (Å²) in [5.41, 5.74) is 0.800. The molecule has 0 radical (unpaired) electrons. The molecule has 0 fully saturated rings. The lowest BCUT2D eigenvalue weighted by molar-refractivity contribution is -0.140. The molecule has 0 saturated carbocycles. The van der Waals surface area contributed by atoms with Crippen molar-refractivity contribution >= 4 is 22.3 Å². The second-order valence-corrected chi connectivity index (χ2v) is 6.57. The number of carbonyl (C=O) groups excluding carboxylic acids is 1. The normalized spacial score (nSPS) is 12.4. The Morgan fingerprint density at radius 1 is 1.12 bits per heavy atom. The van der Waals surface area contributed by atoms with Gasteiger partial charge in [-0.25, -0.2) is 8.42 Å². The van der Waals surface area contributed by atoms with Crippen molar-refractivity contribution in [3.63, 3.8) is 0 Å². The van der Waals surface area contributed by atoms with E-state index >= 15 is 0 Å². The fraction of sp³-hybridized carbons (Fsp3) is 0.125. The van der Waals surface area contributed by atoms with E-state index in [2.05, 4.69) is 0 Å². The summed E-state index contributed by atoms with van der Waals surface area (Å²) in [4.78, 5) is 21.3. The summed E-state index contributed by atoms with van der Waals surface area (Å²) in [6, 6.07) is 10.9.